The molecule has 6 nitrogen and oxygen atoms in total. The molecule has 2 atom stereocenters. The summed E-state index contributed by atoms with van der Waals surface area (Å²) in [6.07, 6.45) is 0. The van der Waals surface area contributed by atoms with Crippen LogP contribution in [0.4, 0.5) is 0 Å². The molecule has 0 aliphatic rings. The average Bonchev–Trinajstić information content (AvgIpc) is 2.94. The van der Waals surface area contributed by atoms with Crippen molar-refractivity contribution in [1.82, 2.24) is 9.88 Å². The number of ether oxygens (including phenoxy) is 1. The highest BCUT2D eigenvalue weighted by molar-refractivity contribution is 7.84. The van der Waals surface area contributed by atoms with Gasteiger partial charge in [-0.25, -0.2) is 13.7 Å². The molecule has 0 aliphatic heterocycles. The molecule has 8 heteroatoms. The molecule has 1 N–H and O–H groups in total. The molecule has 0 bridgehead atoms. The van der Waals surface area contributed by atoms with Crippen molar-refractivity contribution < 1.29 is 18.3 Å². The SMILES string of the molecule is COC(=O)c1cc(Cl)ccc1-c1c(C)noc1[C@H](C)N[S@](=O)C(C)(C)C. The lowest BCUT2D eigenvalue weighted by molar-refractivity contribution is 0.0601. The van der Waals surface area contributed by atoms with Gasteiger partial charge in [0.1, 0.15) is 0 Å². The number of benzene rings is 1. The van der Waals surface area contributed by atoms with Crippen molar-refractivity contribution in [3.8, 4) is 11.1 Å². The standard InChI is InChI=1S/C18H23ClN2O4S/c1-10-15(13-8-7-12(19)9-14(13)17(22)24-6)16(25-20-10)11(2)21-26(23)18(3,4)5/h7-9,11,21H,1-6H3/t11-,26+/m0/s1. The normalized spacial score (nSPS) is 14.1. The highest BCUT2D eigenvalue weighted by Gasteiger charge is 2.28. The molecule has 1 aromatic carbocycles. The van der Waals surface area contributed by atoms with Crippen LogP contribution in [0, 0.1) is 6.92 Å². The van der Waals surface area contributed by atoms with Gasteiger partial charge in [-0.05, 0) is 46.8 Å². The maximum atomic E-state index is 12.4. The molecule has 142 valence electrons. The first-order valence-electron chi connectivity index (χ1n) is 8.08. The van der Waals surface area contributed by atoms with Crippen LogP contribution in [0.15, 0.2) is 22.7 Å². The largest absolute Gasteiger partial charge is 0.465 e. The second-order valence-electron chi connectivity index (χ2n) is 6.91. The molecule has 0 unspecified atom stereocenters. The summed E-state index contributed by atoms with van der Waals surface area (Å²) in [5.41, 5.74) is 2.19. The number of rotatable bonds is 5. The van der Waals surface area contributed by atoms with Gasteiger partial charge in [-0.1, -0.05) is 22.8 Å². The second-order valence-corrected chi connectivity index (χ2v) is 9.34. The van der Waals surface area contributed by atoms with Crippen LogP contribution in [0.1, 0.15) is 55.5 Å². The van der Waals surface area contributed by atoms with Crippen LogP contribution in [0.3, 0.4) is 0 Å². The van der Waals surface area contributed by atoms with Gasteiger partial charge >= 0.3 is 5.97 Å². The zero-order valence-electron chi connectivity index (χ0n) is 15.7. The number of methoxy groups -OCH3 is 1. The maximum Gasteiger partial charge on any atom is 0.338 e. The number of nitrogens with one attached hydrogen (secondary N) is 1. The summed E-state index contributed by atoms with van der Waals surface area (Å²) in [4.78, 5) is 12.2. The van der Waals surface area contributed by atoms with E-state index >= 15 is 0 Å². The summed E-state index contributed by atoms with van der Waals surface area (Å²) in [7, 11) is 0.0173. The predicted octanol–water partition coefficient (Wildman–Crippen LogP) is 4.20. The van der Waals surface area contributed by atoms with E-state index < -0.39 is 21.7 Å². The Morgan fingerprint density at radius 2 is 2.04 bits per heavy atom. The van der Waals surface area contributed by atoms with Crippen LogP contribution in [0.25, 0.3) is 11.1 Å². The number of carbonyl (C=O) groups is 1. The average molecular weight is 399 g/mol. The van der Waals surface area contributed by atoms with E-state index in [1.54, 1.807) is 25.1 Å². The number of hydrogen-bond donors (Lipinski definition) is 1. The van der Waals surface area contributed by atoms with Crippen molar-refractivity contribution in [3.63, 3.8) is 0 Å². The van der Waals surface area contributed by atoms with Crippen LogP contribution in [-0.2, 0) is 15.7 Å². The third kappa shape index (κ3) is 4.34. The molecule has 0 amide bonds. The molecular weight excluding hydrogens is 376 g/mol. The Morgan fingerprint density at radius 3 is 2.62 bits per heavy atom. The molecule has 0 spiro atoms. The number of esters is 1. The lowest BCUT2D eigenvalue weighted by Crippen LogP contribution is -2.34. The number of carbonyl (C=O) groups excluding carboxylic acids is 1. The van der Waals surface area contributed by atoms with E-state index in [9.17, 15) is 9.00 Å². The fraction of sp³-hybridized carbons (Fsp3) is 0.444. The Balaban J connectivity index is 2.52. The monoisotopic (exact) mass is 398 g/mol. The third-order valence-electron chi connectivity index (χ3n) is 3.78. The van der Waals surface area contributed by atoms with Crippen molar-refractivity contribution in [2.24, 2.45) is 0 Å². The molecule has 1 heterocycles. The number of aromatic nitrogens is 1. The minimum atomic E-state index is -1.29. The minimum Gasteiger partial charge on any atom is -0.465 e. The maximum absolute atomic E-state index is 12.4. The summed E-state index contributed by atoms with van der Waals surface area (Å²) in [5, 5.41) is 4.45. The zero-order valence-corrected chi connectivity index (χ0v) is 17.2. The van der Waals surface area contributed by atoms with Gasteiger partial charge in [-0.2, -0.15) is 0 Å². The number of nitrogens with zero attached hydrogens (tertiary/aromatic N) is 1. The Hall–Kier alpha value is -1.70. The molecule has 0 saturated heterocycles. The topological polar surface area (TPSA) is 81.4 Å². The highest BCUT2D eigenvalue weighted by Crippen LogP contribution is 2.35. The van der Waals surface area contributed by atoms with Crippen LogP contribution >= 0.6 is 11.6 Å². The molecule has 0 saturated carbocycles. The van der Waals surface area contributed by atoms with Gasteiger partial charge in [0.05, 0.1) is 45.7 Å². The predicted molar refractivity (Wildman–Crippen MR) is 102 cm³/mol. The van der Waals surface area contributed by atoms with Crippen molar-refractivity contribution in [2.45, 2.75) is 45.4 Å². The fourth-order valence-corrected chi connectivity index (χ4v) is 3.37. The summed E-state index contributed by atoms with van der Waals surface area (Å²) >= 11 is 6.04. The fourth-order valence-electron chi connectivity index (χ4n) is 2.41. The first-order valence-corrected chi connectivity index (χ1v) is 9.61. The molecule has 26 heavy (non-hydrogen) atoms. The van der Waals surface area contributed by atoms with Crippen LogP contribution < -0.4 is 4.72 Å². The number of aryl methyl sites for hydroxylation is 1. The van der Waals surface area contributed by atoms with Gasteiger partial charge in [0, 0.05) is 10.6 Å². The quantitative estimate of drug-likeness (QED) is 0.763. The van der Waals surface area contributed by atoms with E-state index in [4.69, 9.17) is 20.9 Å². The first kappa shape index (κ1) is 20.6. The Kier molecular flexibility index (Phi) is 6.26. The molecular formula is C18H23ClN2O4S. The minimum absolute atomic E-state index is 0.316. The first-order chi connectivity index (χ1) is 12.1. The molecule has 1 aromatic heterocycles. The molecule has 0 aliphatic carbocycles. The van der Waals surface area contributed by atoms with E-state index in [-0.39, 0.29) is 6.04 Å². The van der Waals surface area contributed by atoms with E-state index in [1.807, 2.05) is 27.7 Å². The van der Waals surface area contributed by atoms with E-state index in [0.29, 0.717) is 33.2 Å². The van der Waals surface area contributed by atoms with Crippen LogP contribution in [-0.4, -0.2) is 27.2 Å². The molecule has 0 fully saturated rings. The van der Waals surface area contributed by atoms with Crippen molar-refractivity contribution in [1.29, 1.82) is 0 Å². The van der Waals surface area contributed by atoms with E-state index in [0.717, 1.165) is 0 Å². The summed E-state index contributed by atoms with van der Waals surface area (Å²) in [6.45, 7) is 9.25. The van der Waals surface area contributed by atoms with Gasteiger partial charge in [-0.3, -0.25) is 0 Å². The summed E-state index contributed by atoms with van der Waals surface area (Å²) in [5.74, 6) is -0.0134. The number of hydrogen-bond acceptors (Lipinski definition) is 5. The van der Waals surface area contributed by atoms with Crippen molar-refractivity contribution in [2.75, 3.05) is 7.11 Å². The lowest BCUT2D eigenvalue weighted by atomic mass is 9.96. The summed E-state index contributed by atoms with van der Waals surface area (Å²) in [6, 6.07) is 4.58. The van der Waals surface area contributed by atoms with Crippen molar-refractivity contribution >= 4 is 28.6 Å². The van der Waals surface area contributed by atoms with Gasteiger partial charge in [0.15, 0.2) is 5.76 Å². The van der Waals surface area contributed by atoms with Crippen LogP contribution in [0.5, 0.6) is 0 Å². The molecule has 2 rings (SSSR count). The molecule has 2 aromatic rings. The Labute approximate surface area is 160 Å². The Morgan fingerprint density at radius 1 is 1.38 bits per heavy atom. The highest BCUT2D eigenvalue weighted by atomic mass is 35.5. The zero-order chi connectivity index (χ0) is 19.6. The van der Waals surface area contributed by atoms with E-state index in [1.165, 1.54) is 7.11 Å². The number of halogens is 1. The van der Waals surface area contributed by atoms with Gasteiger partial charge in [0.25, 0.3) is 0 Å². The molecule has 0 radical (unpaired) electrons. The van der Waals surface area contributed by atoms with Crippen molar-refractivity contribution in [3.05, 3.63) is 40.2 Å². The van der Waals surface area contributed by atoms with Crippen LogP contribution in [0.2, 0.25) is 5.02 Å². The van der Waals surface area contributed by atoms with Gasteiger partial charge < -0.3 is 9.26 Å². The Bertz CT molecular complexity index is 842. The lowest BCUT2D eigenvalue weighted by Gasteiger charge is -2.21. The summed E-state index contributed by atoms with van der Waals surface area (Å²) < 4.78 is 25.4. The van der Waals surface area contributed by atoms with Gasteiger partial charge in [0.2, 0.25) is 0 Å². The van der Waals surface area contributed by atoms with Gasteiger partial charge in [-0.15, -0.1) is 0 Å². The third-order valence-corrected chi connectivity index (χ3v) is 5.69. The smallest absolute Gasteiger partial charge is 0.338 e. The van der Waals surface area contributed by atoms with E-state index in [2.05, 4.69) is 9.88 Å². The second kappa shape index (κ2) is 7.90.